The minimum Gasteiger partial charge on any atom is -0.342 e. The van der Waals surface area contributed by atoms with Crippen LogP contribution in [0.25, 0.3) is 0 Å². The molecule has 0 aromatic heterocycles. The molecule has 0 radical (unpaired) electrons. The van der Waals surface area contributed by atoms with E-state index >= 15 is 0 Å². The van der Waals surface area contributed by atoms with Crippen LogP contribution in [0.2, 0.25) is 0 Å². The molecule has 0 fully saturated rings. The zero-order chi connectivity index (χ0) is 15.4. The van der Waals surface area contributed by atoms with E-state index in [1.165, 1.54) is 5.56 Å². The lowest BCUT2D eigenvalue weighted by atomic mass is 10.0. The van der Waals surface area contributed by atoms with E-state index in [-0.39, 0.29) is 17.9 Å². The molecule has 2 amide bonds. The number of nitrogens with one attached hydrogen (secondary N) is 1. The first-order chi connectivity index (χ1) is 10.0. The highest BCUT2D eigenvalue weighted by Gasteiger charge is 2.17. The number of carbonyl (C=O) groups is 2. The van der Waals surface area contributed by atoms with E-state index in [0.29, 0.717) is 19.4 Å². The molecule has 1 unspecified atom stereocenters. The van der Waals surface area contributed by atoms with Crippen molar-refractivity contribution in [3.05, 3.63) is 29.3 Å². The molecule has 0 spiro atoms. The van der Waals surface area contributed by atoms with Gasteiger partial charge in [0.15, 0.2) is 0 Å². The standard InChI is InChI=1S/C16H23N3O2/c1-11(10-17)19(2)16(21)5-3-4-12-6-7-14-13(8-12)9-15(20)18-14/h6-8,11H,3-5,9-10,17H2,1-2H3,(H,18,20). The zero-order valence-corrected chi connectivity index (χ0v) is 12.7. The Hall–Kier alpha value is -1.88. The number of carbonyl (C=O) groups excluding carboxylic acids is 2. The van der Waals surface area contributed by atoms with Crippen molar-refractivity contribution in [2.45, 2.75) is 38.6 Å². The number of anilines is 1. The van der Waals surface area contributed by atoms with Crippen molar-refractivity contribution in [3.8, 4) is 0 Å². The number of nitrogens with zero attached hydrogens (tertiary/aromatic N) is 1. The number of fused-ring (bicyclic) bond motifs is 1. The fourth-order valence-electron chi connectivity index (χ4n) is 2.46. The van der Waals surface area contributed by atoms with Gasteiger partial charge in [-0.1, -0.05) is 12.1 Å². The van der Waals surface area contributed by atoms with Crippen LogP contribution in [-0.2, 0) is 22.4 Å². The second-order valence-corrected chi connectivity index (χ2v) is 5.66. The van der Waals surface area contributed by atoms with Crippen molar-refractivity contribution >= 4 is 17.5 Å². The molecule has 3 N–H and O–H groups in total. The summed E-state index contributed by atoms with van der Waals surface area (Å²) in [6, 6.07) is 6.10. The molecule has 1 aromatic rings. The summed E-state index contributed by atoms with van der Waals surface area (Å²) in [7, 11) is 1.80. The van der Waals surface area contributed by atoms with E-state index in [0.717, 1.165) is 24.1 Å². The van der Waals surface area contributed by atoms with Gasteiger partial charge < -0.3 is 16.0 Å². The summed E-state index contributed by atoms with van der Waals surface area (Å²) >= 11 is 0. The summed E-state index contributed by atoms with van der Waals surface area (Å²) < 4.78 is 0. The maximum absolute atomic E-state index is 12.0. The molecule has 1 aliphatic heterocycles. The summed E-state index contributed by atoms with van der Waals surface area (Å²) in [5.74, 6) is 0.181. The van der Waals surface area contributed by atoms with Crippen LogP contribution in [0.3, 0.4) is 0 Å². The molecule has 1 aromatic carbocycles. The second kappa shape index (κ2) is 6.72. The highest BCUT2D eigenvalue weighted by atomic mass is 16.2. The van der Waals surface area contributed by atoms with Gasteiger partial charge in [-0.15, -0.1) is 0 Å². The number of hydrogen-bond acceptors (Lipinski definition) is 3. The first-order valence-corrected chi connectivity index (χ1v) is 7.38. The molecule has 0 saturated heterocycles. The van der Waals surface area contributed by atoms with Crippen LogP contribution in [-0.4, -0.2) is 36.3 Å². The molecule has 114 valence electrons. The fourth-order valence-corrected chi connectivity index (χ4v) is 2.46. The minimum absolute atomic E-state index is 0.0507. The largest absolute Gasteiger partial charge is 0.342 e. The third-order valence-corrected chi connectivity index (χ3v) is 4.05. The second-order valence-electron chi connectivity index (χ2n) is 5.66. The monoisotopic (exact) mass is 289 g/mol. The van der Waals surface area contributed by atoms with Crippen LogP contribution in [0.5, 0.6) is 0 Å². The molecule has 1 heterocycles. The summed E-state index contributed by atoms with van der Waals surface area (Å²) in [5, 5.41) is 2.82. The summed E-state index contributed by atoms with van der Waals surface area (Å²) in [5.41, 5.74) is 8.71. The van der Waals surface area contributed by atoms with Gasteiger partial charge in [0.2, 0.25) is 11.8 Å². The van der Waals surface area contributed by atoms with Crippen molar-refractivity contribution in [1.82, 2.24) is 4.90 Å². The maximum atomic E-state index is 12.0. The predicted molar refractivity (Wildman–Crippen MR) is 83.0 cm³/mol. The normalized spacial score (nSPS) is 14.5. The van der Waals surface area contributed by atoms with Crippen LogP contribution in [0.1, 0.15) is 30.9 Å². The van der Waals surface area contributed by atoms with Crippen molar-refractivity contribution in [2.24, 2.45) is 5.73 Å². The van der Waals surface area contributed by atoms with Crippen LogP contribution in [0.15, 0.2) is 18.2 Å². The van der Waals surface area contributed by atoms with E-state index < -0.39 is 0 Å². The lowest BCUT2D eigenvalue weighted by molar-refractivity contribution is -0.131. The Balaban J connectivity index is 1.83. The van der Waals surface area contributed by atoms with Crippen LogP contribution in [0.4, 0.5) is 5.69 Å². The van der Waals surface area contributed by atoms with E-state index in [4.69, 9.17) is 5.73 Å². The highest BCUT2D eigenvalue weighted by Crippen LogP contribution is 2.24. The Morgan fingerprint density at radius 2 is 2.24 bits per heavy atom. The van der Waals surface area contributed by atoms with Crippen molar-refractivity contribution < 1.29 is 9.59 Å². The van der Waals surface area contributed by atoms with Crippen LogP contribution >= 0.6 is 0 Å². The fraction of sp³-hybridized carbons (Fsp3) is 0.500. The van der Waals surface area contributed by atoms with Gasteiger partial charge in [0, 0.05) is 31.7 Å². The number of nitrogens with two attached hydrogens (primary N) is 1. The first-order valence-electron chi connectivity index (χ1n) is 7.38. The Bertz CT molecular complexity index is 542. The van der Waals surface area contributed by atoms with E-state index in [1.807, 2.05) is 19.1 Å². The number of rotatable bonds is 6. The van der Waals surface area contributed by atoms with Crippen molar-refractivity contribution in [2.75, 3.05) is 18.9 Å². The molecule has 2 rings (SSSR count). The summed E-state index contributed by atoms with van der Waals surface area (Å²) in [6.07, 6.45) is 2.63. The molecule has 5 nitrogen and oxygen atoms in total. The van der Waals surface area contributed by atoms with E-state index in [2.05, 4.69) is 11.4 Å². The van der Waals surface area contributed by atoms with Crippen molar-refractivity contribution in [1.29, 1.82) is 0 Å². The number of amides is 2. The van der Waals surface area contributed by atoms with Gasteiger partial charge in [-0.25, -0.2) is 0 Å². The average molecular weight is 289 g/mol. The van der Waals surface area contributed by atoms with Crippen LogP contribution in [0, 0.1) is 0 Å². The Labute approximate surface area is 125 Å². The molecular weight excluding hydrogens is 266 g/mol. The lowest BCUT2D eigenvalue weighted by Crippen LogP contribution is -2.39. The van der Waals surface area contributed by atoms with E-state index in [9.17, 15) is 9.59 Å². The summed E-state index contributed by atoms with van der Waals surface area (Å²) in [6.45, 7) is 2.43. The van der Waals surface area contributed by atoms with Crippen LogP contribution < -0.4 is 11.1 Å². The van der Waals surface area contributed by atoms with E-state index in [1.54, 1.807) is 11.9 Å². The molecule has 0 saturated carbocycles. The lowest BCUT2D eigenvalue weighted by Gasteiger charge is -2.23. The van der Waals surface area contributed by atoms with Gasteiger partial charge in [0.25, 0.3) is 0 Å². The van der Waals surface area contributed by atoms with Gasteiger partial charge in [-0.2, -0.15) is 0 Å². The molecule has 0 bridgehead atoms. The number of likely N-dealkylation sites (N-methyl/N-ethyl adjacent to an activating group) is 1. The average Bonchev–Trinajstić information content (AvgIpc) is 2.84. The first kappa shape index (κ1) is 15.5. The topological polar surface area (TPSA) is 75.4 Å². The van der Waals surface area contributed by atoms with Gasteiger partial charge in [0.1, 0.15) is 0 Å². The van der Waals surface area contributed by atoms with Gasteiger partial charge >= 0.3 is 0 Å². The number of benzene rings is 1. The molecule has 21 heavy (non-hydrogen) atoms. The molecule has 1 atom stereocenters. The number of hydrogen-bond donors (Lipinski definition) is 2. The van der Waals surface area contributed by atoms with Gasteiger partial charge in [-0.3, -0.25) is 9.59 Å². The molecular formula is C16H23N3O2. The third-order valence-electron chi connectivity index (χ3n) is 4.05. The predicted octanol–water partition coefficient (Wildman–Crippen LogP) is 1.31. The highest BCUT2D eigenvalue weighted by molar-refractivity contribution is 5.99. The zero-order valence-electron chi connectivity index (χ0n) is 12.7. The quantitative estimate of drug-likeness (QED) is 0.829. The smallest absolute Gasteiger partial charge is 0.228 e. The minimum atomic E-state index is 0.0507. The Morgan fingerprint density at radius 3 is 2.95 bits per heavy atom. The molecule has 0 aliphatic carbocycles. The molecule has 1 aliphatic rings. The van der Waals surface area contributed by atoms with Crippen molar-refractivity contribution in [3.63, 3.8) is 0 Å². The SMILES string of the molecule is CC(CN)N(C)C(=O)CCCc1ccc2c(c1)CC(=O)N2. The maximum Gasteiger partial charge on any atom is 0.228 e. The third kappa shape index (κ3) is 3.82. The number of aryl methyl sites for hydroxylation is 1. The molecule has 5 heteroatoms. The van der Waals surface area contributed by atoms with Gasteiger partial charge in [-0.05, 0) is 37.0 Å². The summed E-state index contributed by atoms with van der Waals surface area (Å²) in [4.78, 5) is 25.0. The Kier molecular flexibility index (Phi) is 4.96. The van der Waals surface area contributed by atoms with Gasteiger partial charge in [0.05, 0.1) is 6.42 Å². The Morgan fingerprint density at radius 1 is 1.48 bits per heavy atom.